The van der Waals surface area contributed by atoms with Crippen LogP contribution in [0.15, 0.2) is 10.2 Å². The lowest BCUT2D eigenvalue weighted by Crippen LogP contribution is -2.15. The Balaban J connectivity index is 4.18. The molecule has 0 aromatic rings. The van der Waals surface area contributed by atoms with Crippen LogP contribution in [-0.4, -0.2) is 50.1 Å². The minimum Gasteiger partial charge on any atom is -0.303 e. The second-order valence-electron chi connectivity index (χ2n) is 3.49. The lowest BCUT2D eigenvalue weighted by atomic mass is 10.1. The van der Waals surface area contributed by atoms with Crippen molar-refractivity contribution in [3.8, 4) is 0 Å². The van der Waals surface area contributed by atoms with Crippen molar-refractivity contribution < 1.29 is 0 Å². The summed E-state index contributed by atoms with van der Waals surface area (Å²) in [5.41, 5.74) is 1.07. The molecular formula is C9H20N4. The second kappa shape index (κ2) is 5.56. The average Bonchev–Trinajstić information content (AvgIpc) is 1.98. The zero-order chi connectivity index (χ0) is 10.4. The molecule has 1 atom stereocenters. The smallest absolute Gasteiger partial charge is 0.0431 e. The number of nitrogens with zero attached hydrogens (tertiary/aromatic N) is 4. The summed E-state index contributed by atoms with van der Waals surface area (Å²) in [6.07, 6.45) is 1.89. The maximum Gasteiger partial charge on any atom is 0.0431 e. The van der Waals surface area contributed by atoms with Crippen LogP contribution in [-0.2, 0) is 0 Å². The fourth-order valence-corrected chi connectivity index (χ4v) is 0.748. The quantitative estimate of drug-likeness (QED) is 0.484. The molecule has 4 nitrogen and oxygen atoms in total. The first kappa shape index (κ1) is 11.9. The van der Waals surface area contributed by atoms with Crippen molar-refractivity contribution in [3.63, 3.8) is 0 Å². The van der Waals surface area contributed by atoms with Gasteiger partial charge in [-0.05, 0) is 6.92 Å². The first-order valence-corrected chi connectivity index (χ1v) is 4.37. The van der Waals surface area contributed by atoms with Gasteiger partial charge in [-0.2, -0.15) is 10.2 Å². The Bertz CT molecular complexity index is 194. The van der Waals surface area contributed by atoms with E-state index in [-0.39, 0.29) is 5.92 Å². The highest BCUT2D eigenvalue weighted by atomic mass is 15.4. The van der Waals surface area contributed by atoms with Crippen LogP contribution >= 0.6 is 0 Å². The van der Waals surface area contributed by atoms with Crippen molar-refractivity contribution in [1.82, 2.24) is 10.0 Å². The Hall–Kier alpha value is -1.06. The van der Waals surface area contributed by atoms with E-state index in [1.165, 1.54) is 0 Å². The Labute approximate surface area is 80.9 Å². The van der Waals surface area contributed by atoms with E-state index < -0.39 is 0 Å². The van der Waals surface area contributed by atoms with Gasteiger partial charge in [-0.25, -0.2) is 0 Å². The van der Waals surface area contributed by atoms with E-state index >= 15 is 0 Å². The first-order valence-electron chi connectivity index (χ1n) is 4.37. The highest BCUT2D eigenvalue weighted by Gasteiger charge is 2.02. The maximum atomic E-state index is 4.30. The molecule has 0 aliphatic carbocycles. The molecule has 0 bridgehead atoms. The monoisotopic (exact) mass is 184 g/mol. The summed E-state index contributed by atoms with van der Waals surface area (Å²) in [6, 6.07) is 0. The fourth-order valence-electron chi connectivity index (χ4n) is 0.748. The minimum atomic E-state index is 0.282. The van der Waals surface area contributed by atoms with Crippen molar-refractivity contribution in [2.75, 3.05) is 28.2 Å². The summed E-state index contributed by atoms with van der Waals surface area (Å²) in [5, 5.41) is 12.0. The highest BCUT2D eigenvalue weighted by molar-refractivity contribution is 5.96. The van der Waals surface area contributed by atoms with Crippen LogP contribution in [0.1, 0.15) is 13.8 Å². The molecule has 0 aliphatic rings. The fraction of sp³-hybridized carbons (Fsp3) is 0.778. The SMILES string of the molecule is C/C(=N/N(C)C)C(C)/C=N/N(C)C. The van der Waals surface area contributed by atoms with E-state index in [9.17, 15) is 0 Å². The van der Waals surface area contributed by atoms with Gasteiger partial charge in [0.15, 0.2) is 0 Å². The van der Waals surface area contributed by atoms with Crippen molar-refractivity contribution in [1.29, 1.82) is 0 Å². The summed E-state index contributed by atoms with van der Waals surface area (Å²) in [4.78, 5) is 0. The number of hydrogen-bond acceptors (Lipinski definition) is 4. The Morgan fingerprint density at radius 2 is 1.69 bits per heavy atom. The van der Waals surface area contributed by atoms with Gasteiger partial charge >= 0.3 is 0 Å². The van der Waals surface area contributed by atoms with Gasteiger partial charge in [-0.3, -0.25) is 0 Å². The van der Waals surface area contributed by atoms with Gasteiger partial charge in [0.25, 0.3) is 0 Å². The van der Waals surface area contributed by atoms with Crippen LogP contribution in [0.3, 0.4) is 0 Å². The van der Waals surface area contributed by atoms with E-state index in [1.807, 2.05) is 41.3 Å². The van der Waals surface area contributed by atoms with Gasteiger partial charge in [0.2, 0.25) is 0 Å². The number of hydrogen-bond donors (Lipinski definition) is 0. The Morgan fingerprint density at radius 3 is 2.08 bits per heavy atom. The Morgan fingerprint density at radius 1 is 1.15 bits per heavy atom. The normalized spacial score (nSPS) is 14.8. The van der Waals surface area contributed by atoms with Gasteiger partial charge in [-0.15, -0.1) is 0 Å². The summed E-state index contributed by atoms with van der Waals surface area (Å²) in [7, 11) is 7.64. The van der Waals surface area contributed by atoms with Crippen LogP contribution in [0.5, 0.6) is 0 Å². The lowest BCUT2D eigenvalue weighted by Gasteiger charge is -2.11. The molecule has 0 rings (SSSR count). The van der Waals surface area contributed by atoms with Crippen molar-refractivity contribution in [2.45, 2.75) is 13.8 Å². The third kappa shape index (κ3) is 6.13. The summed E-state index contributed by atoms with van der Waals surface area (Å²) >= 11 is 0. The minimum absolute atomic E-state index is 0.282. The molecule has 0 N–H and O–H groups in total. The molecule has 0 amide bonds. The molecule has 4 heteroatoms. The van der Waals surface area contributed by atoms with Crippen LogP contribution in [0.25, 0.3) is 0 Å². The van der Waals surface area contributed by atoms with Crippen molar-refractivity contribution >= 4 is 11.9 Å². The Kier molecular flexibility index (Phi) is 5.11. The van der Waals surface area contributed by atoms with E-state index in [2.05, 4.69) is 17.1 Å². The van der Waals surface area contributed by atoms with Crippen LogP contribution in [0.4, 0.5) is 0 Å². The summed E-state index contributed by atoms with van der Waals surface area (Å²) in [6.45, 7) is 4.08. The molecule has 0 saturated heterocycles. The predicted octanol–water partition coefficient (Wildman–Crippen LogP) is 1.11. The van der Waals surface area contributed by atoms with Gasteiger partial charge in [0, 0.05) is 46.0 Å². The molecule has 76 valence electrons. The topological polar surface area (TPSA) is 31.2 Å². The van der Waals surface area contributed by atoms with E-state index in [4.69, 9.17) is 0 Å². The predicted molar refractivity (Wildman–Crippen MR) is 58.1 cm³/mol. The first-order chi connectivity index (χ1) is 5.93. The van der Waals surface area contributed by atoms with Gasteiger partial charge < -0.3 is 10.0 Å². The molecular weight excluding hydrogens is 164 g/mol. The molecule has 0 fully saturated rings. The molecule has 1 unspecified atom stereocenters. The number of hydrazone groups is 2. The van der Waals surface area contributed by atoms with Crippen molar-refractivity contribution in [3.05, 3.63) is 0 Å². The molecule has 0 heterocycles. The molecule has 0 aliphatic heterocycles. The van der Waals surface area contributed by atoms with Gasteiger partial charge in [0.05, 0.1) is 0 Å². The molecule has 0 aromatic heterocycles. The molecule has 0 saturated carbocycles. The third-order valence-corrected chi connectivity index (χ3v) is 1.54. The van der Waals surface area contributed by atoms with Crippen molar-refractivity contribution in [2.24, 2.45) is 16.1 Å². The van der Waals surface area contributed by atoms with E-state index in [1.54, 1.807) is 10.0 Å². The van der Waals surface area contributed by atoms with Crippen LogP contribution in [0.2, 0.25) is 0 Å². The van der Waals surface area contributed by atoms with E-state index in [0.29, 0.717) is 0 Å². The molecule has 13 heavy (non-hydrogen) atoms. The maximum absolute atomic E-state index is 4.30. The van der Waals surface area contributed by atoms with Crippen LogP contribution in [0, 0.1) is 5.92 Å². The summed E-state index contributed by atoms with van der Waals surface area (Å²) in [5.74, 6) is 0.282. The van der Waals surface area contributed by atoms with Gasteiger partial charge in [-0.1, -0.05) is 6.92 Å². The lowest BCUT2D eigenvalue weighted by molar-refractivity contribution is 0.432. The molecule has 0 radical (unpaired) electrons. The molecule has 0 aromatic carbocycles. The zero-order valence-electron chi connectivity index (χ0n) is 9.44. The standard InChI is InChI=1S/C9H20N4/c1-8(7-10-12(3)4)9(2)11-13(5)6/h7-8H,1-6H3/b10-7+,11-9-. The average molecular weight is 184 g/mol. The molecule has 0 spiro atoms. The van der Waals surface area contributed by atoms with Crippen LogP contribution < -0.4 is 0 Å². The number of rotatable bonds is 4. The largest absolute Gasteiger partial charge is 0.303 e. The highest BCUT2D eigenvalue weighted by Crippen LogP contribution is 1.96. The zero-order valence-corrected chi connectivity index (χ0v) is 9.44. The second-order valence-corrected chi connectivity index (χ2v) is 3.49. The van der Waals surface area contributed by atoms with E-state index in [0.717, 1.165) is 5.71 Å². The van der Waals surface area contributed by atoms with Gasteiger partial charge in [0.1, 0.15) is 0 Å². The summed E-state index contributed by atoms with van der Waals surface area (Å²) < 4.78 is 0. The third-order valence-electron chi connectivity index (χ3n) is 1.54.